The molecule has 226 valence electrons. The van der Waals surface area contributed by atoms with Crippen molar-refractivity contribution in [3.05, 3.63) is 36.0 Å². The lowest BCUT2D eigenvalue weighted by Gasteiger charge is -2.35. The van der Waals surface area contributed by atoms with E-state index in [0.29, 0.717) is 50.1 Å². The fourth-order valence-corrected chi connectivity index (χ4v) is 5.95. The number of hydrogen-bond donors (Lipinski definition) is 4. The Hall–Kier alpha value is -3.37. The number of rotatable bonds is 12. The minimum absolute atomic E-state index is 0.0200. The van der Waals surface area contributed by atoms with Crippen LogP contribution < -0.4 is 10.5 Å². The van der Waals surface area contributed by atoms with Crippen molar-refractivity contribution >= 4 is 17.8 Å². The number of aliphatic hydroxyl groups excluding tert-OH is 2. The fraction of sp³-hybridized carbons (Fsp3) is 0.581. The number of aryl methyl sites for hydroxylation is 1. The van der Waals surface area contributed by atoms with Gasteiger partial charge >= 0.3 is 11.9 Å². The second-order valence-corrected chi connectivity index (χ2v) is 11.0. The number of aliphatic hydroxyl groups is 2. The van der Waals surface area contributed by atoms with Crippen LogP contribution in [0.1, 0.15) is 70.8 Å². The van der Waals surface area contributed by atoms with Gasteiger partial charge in [0.15, 0.2) is 11.5 Å². The molecule has 0 aliphatic heterocycles. The lowest BCUT2D eigenvalue weighted by Crippen LogP contribution is -2.36. The molecule has 3 rings (SSSR count). The normalized spacial score (nSPS) is 20.8. The van der Waals surface area contributed by atoms with E-state index in [4.69, 9.17) is 19.9 Å². The fourth-order valence-electron chi connectivity index (χ4n) is 5.95. The number of carbonyl (C=O) groups excluding carboxylic acids is 2. The SMILES string of the molecule is COc1cc(CC[C@H](C[C@@H](OC(C)=O)[C@@H]2C[C@H](O)CCC[C@H](CCO)C2)OC(C)=O)c(-c2ccnc(N)c2)cc1O. The van der Waals surface area contributed by atoms with Crippen LogP contribution >= 0.6 is 0 Å². The summed E-state index contributed by atoms with van der Waals surface area (Å²) in [6, 6.07) is 6.88. The van der Waals surface area contributed by atoms with Crippen LogP contribution in [0.25, 0.3) is 11.1 Å². The topological polar surface area (TPSA) is 161 Å². The van der Waals surface area contributed by atoms with Gasteiger partial charge in [0.2, 0.25) is 0 Å². The van der Waals surface area contributed by atoms with Crippen molar-refractivity contribution < 1.29 is 39.1 Å². The van der Waals surface area contributed by atoms with Gasteiger partial charge in [-0.15, -0.1) is 0 Å². The Morgan fingerprint density at radius 3 is 2.54 bits per heavy atom. The van der Waals surface area contributed by atoms with E-state index in [2.05, 4.69) is 4.98 Å². The van der Waals surface area contributed by atoms with Crippen molar-refractivity contribution in [2.24, 2.45) is 11.8 Å². The standard InChI is InChI=1S/C31H44N2O8/c1-19(35)40-26(17-29(41-20(2)36)24-13-21(10-12-34)5-4-6-25(37)14-24)8-7-22-15-30(39-3)28(38)18-27(22)23-9-11-33-31(32)16-23/h9,11,15-16,18,21,24-26,29,34,37-38H,4-8,10,12-14,17H2,1-3H3,(H2,32,33)/t21-,24+,25-,26-,29-/m1/s1. The van der Waals surface area contributed by atoms with Gasteiger partial charge in [-0.2, -0.15) is 0 Å². The predicted octanol–water partition coefficient (Wildman–Crippen LogP) is 4.17. The summed E-state index contributed by atoms with van der Waals surface area (Å²) < 4.78 is 16.9. The van der Waals surface area contributed by atoms with Gasteiger partial charge in [-0.1, -0.05) is 12.8 Å². The Bertz CT molecular complexity index is 1160. The van der Waals surface area contributed by atoms with E-state index in [0.717, 1.165) is 29.5 Å². The molecule has 1 fully saturated rings. The number of pyridine rings is 1. The third-order valence-corrected chi connectivity index (χ3v) is 7.80. The van der Waals surface area contributed by atoms with Gasteiger partial charge in [0.05, 0.1) is 13.2 Å². The van der Waals surface area contributed by atoms with Crippen LogP contribution in [0, 0.1) is 11.8 Å². The van der Waals surface area contributed by atoms with E-state index in [-0.39, 0.29) is 30.6 Å². The smallest absolute Gasteiger partial charge is 0.302 e. The third kappa shape index (κ3) is 9.89. The highest BCUT2D eigenvalue weighted by atomic mass is 16.6. The van der Waals surface area contributed by atoms with Gasteiger partial charge in [-0.25, -0.2) is 4.98 Å². The number of hydrogen-bond acceptors (Lipinski definition) is 10. The molecule has 1 aliphatic carbocycles. The number of nitrogens with zero attached hydrogens (tertiary/aromatic N) is 1. The van der Waals surface area contributed by atoms with Gasteiger partial charge in [0, 0.05) is 33.1 Å². The van der Waals surface area contributed by atoms with Crippen LogP contribution in [-0.2, 0) is 25.5 Å². The number of ether oxygens (including phenoxy) is 3. The molecule has 0 bridgehead atoms. The highest BCUT2D eigenvalue weighted by Crippen LogP contribution is 2.37. The Morgan fingerprint density at radius 1 is 1.12 bits per heavy atom. The molecule has 5 atom stereocenters. The highest BCUT2D eigenvalue weighted by Gasteiger charge is 2.33. The molecule has 41 heavy (non-hydrogen) atoms. The van der Waals surface area contributed by atoms with Crippen LogP contribution in [0.15, 0.2) is 30.5 Å². The second kappa shape index (κ2) is 15.6. The summed E-state index contributed by atoms with van der Waals surface area (Å²) in [6.45, 7) is 2.78. The maximum atomic E-state index is 12.2. The average molecular weight is 573 g/mol. The number of benzene rings is 1. The van der Waals surface area contributed by atoms with Crippen LogP contribution in [0.5, 0.6) is 11.5 Å². The van der Waals surface area contributed by atoms with E-state index >= 15 is 0 Å². The second-order valence-electron chi connectivity index (χ2n) is 11.0. The number of nitrogens with two attached hydrogens (primary N) is 1. The van der Waals surface area contributed by atoms with E-state index in [1.807, 2.05) is 0 Å². The van der Waals surface area contributed by atoms with Crippen LogP contribution in [0.2, 0.25) is 0 Å². The molecule has 1 heterocycles. The summed E-state index contributed by atoms with van der Waals surface area (Å²) >= 11 is 0. The summed E-state index contributed by atoms with van der Waals surface area (Å²) in [7, 11) is 1.47. The largest absolute Gasteiger partial charge is 0.504 e. The number of aromatic hydroxyl groups is 1. The molecule has 5 N–H and O–H groups in total. The van der Waals surface area contributed by atoms with Crippen molar-refractivity contribution in [2.75, 3.05) is 19.5 Å². The summed E-state index contributed by atoms with van der Waals surface area (Å²) in [5, 5.41) is 30.7. The number of anilines is 1. The molecule has 0 unspecified atom stereocenters. The molecule has 1 aliphatic rings. The van der Waals surface area contributed by atoms with E-state index < -0.39 is 30.3 Å². The van der Waals surface area contributed by atoms with Gasteiger partial charge < -0.3 is 35.3 Å². The number of aromatic nitrogens is 1. The highest BCUT2D eigenvalue weighted by molar-refractivity contribution is 5.72. The maximum Gasteiger partial charge on any atom is 0.302 e. The molecule has 0 spiro atoms. The number of esters is 2. The van der Waals surface area contributed by atoms with Crippen LogP contribution in [-0.4, -0.2) is 64.3 Å². The molecule has 0 amide bonds. The minimum atomic E-state index is -0.578. The molecule has 1 aromatic carbocycles. The average Bonchev–Trinajstić information content (AvgIpc) is 2.89. The summed E-state index contributed by atoms with van der Waals surface area (Å²) in [4.78, 5) is 28.4. The van der Waals surface area contributed by atoms with Crippen LogP contribution in [0.4, 0.5) is 5.82 Å². The first-order chi connectivity index (χ1) is 19.6. The molecule has 0 saturated heterocycles. The Labute approximate surface area is 241 Å². The zero-order chi connectivity index (χ0) is 29.9. The molecular weight excluding hydrogens is 528 g/mol. The third-order valence-electron chi connectivity index (χ3n) is 7.80. The quantitative estimate of drug-likeness (QED) is 0.272. The number of phenols is 1. The lowest BCUT2D eigenvalue weighted by atomic mass is 9.78. The first-order valence-electron chi connectivity index (χ1n) is 14.3. The summed E-state index contributed by atoms with van der Waals surface area (Å²) in [5.74, 6) is -0.146. The lowest BCUT2D eigenvalue weighted by molar-refractivity contribution is -0.157. The van der Waals surface area contributed by atoms with Crippen molar-refractivity contribution in [2.45, 2.75) is 89.9 Å². The Kier molecular flexibility index (Phi) is 12.2. The van der Waals surface area contributed by atoms with Gasteiger partial charge in [-0.05, 0) is 91.3 Å². The summed E-state index contributed by atoms with van der Waals surface area (Å²) in [6.07, 6.45) is 5.32. The first kappa shape index (κ1) is 32.1. The number of nitrogen functional groups attached to an aromatic ring is 1. The molecule has 1 saturated carbocycles. The first-order valence-corrected chi connectivity index (χ1v) is 14.3. The molecule has 2 aromatic rings. The van der Waals surface area contributed by atoms with Gasteiger partial charge in [0.25, 0.3) is 0 Å². The molecule has 1 aromatic heterocycles. The Morgan fingerprint density at radius 2 is 1.88 bits per heavy atom. The van der Waals surface area contributed by atoms with E-state index in [9.17, 15) is 24.9 Å². The molecule has 10 nitrogen and oxygen atoms in total. The predicted molar refractivity (Wildman–Crippen MR) is 154 cm³/mol. The monoisotopic (exact) mass is 572 g/mol. The number of phenolic OH excluding ortho intramolecular Hbond substituents is 1. The van der Waals surface area contributed by atoms with Crippen LogP contribution in [0.3, 0.4) is 0 Å². The number of carbonyl (C=O) groups is 2. The van der Waals surface area contributed by atoms with Gasteiger partial charge in [-0.3, -0.25) is 9.59 Å². The zero-order valence-corrected chi connectivity index (χ0v) is 24.3. The van der Waals surface area contributed by atoms with Crippen molar-refractivity contribution in [1.82, 2.24) is 4.98 Å². The minimum Gasteiger partial charge on any atom is -0.504 e. The Balaban J connectivity index is 1.88. The van der Waals surface area contributed by atoms with E-state index in [1.165, 1.54) is 21.0 Å². The van der Waals surface area contributed by atoms with Crippen molar-refractivity contribution in [1.29, 1.82) is 0 Å². The van der Waals surface area contributed by atoms with E-state index in [1.54, 1.807) is 30.5 Å². The summed E-state index contributed by atoms with van der Waals surface area (Å²) in [5.41, 5.74) is 8.27. The maximum absolute atomic E-state index is 12.2. The van der Waals surface area contributed by atoms with Crippen molar-refractivity contribution in [3.8, 4) is 22.6 Å². The van der Waals surface area contributed by atoms with Crippen molar-refractivity contribution in [3.63, 3.8) is 0 Å². The molecule has 0 radical (unpaired) electrons. The zero-order valence-electron chi connectivity index (χ0n) is 24.3. The van der Waals surface area contributed by atoms with Gasteiger partial charge in [0.1, 0.15) is 18.0 Å². The molecular formula is C31H44N2O8. The number of methoxy groups -OCH3 is 1. The molecule has 10 heteroatoms.